The largest absolute Gasteiger partial charge is 0.489 e. The molecule has 3 aliphatic rings. The van der Waals surface area contributed by atoms with Crippen molar-refractivity contribution in [1.29, 1.82) is 0 Å². The molecule has 5 rings (SSSR count). The van der Waals surface area contributed by atoms with E-state index in [1.807, 2.05) is 33.8 Å². The SMILES string of the molecule is CC(C)NC(=O)c1ccc2c(n1)N(C(=O)Nc1ccc(OC[C@H]3COC(C)(C)O3)cn1)[C@H]1CCN2C1. The molecule has 0 aromatic carbocycles. The Morgan fingerprint density at radius 1 is 1.25 bits per heavy atom. The van der Waals surface area contributed by atoms with Crippen molar-refractivity contribution in [3.63, 3.8) is 0 Å². The number of nitrogens with zero attached hydrogens (tertiary/aromatic N) is 4. The summed E-state index contributed by atoms with van der Waals surface area (Å²) >= 11 is 0. The fourth-order valence-electron chi connectivity index (χ4n) is 4.68. The van der Waals surface area contributed by atoms with Gasteiger partial charge in [-0.3, -0.25) is 15.0 Å². The lowest BCUT2D eigenvalue weighted by Gasteiger charge is -2.35. The fraction of sp³-hybridized carbons (Fsp3) is 0.520. The van der Waals surface area contributed by atoms with Crippen molar-refractivity contribution in [2.45, 2.75) is 58.1 Å². The average Bonchev–Trinajstić information content (AvgIpc) is 3.41. The number of anilines is 3. The summed E-state index contributed by atoms with van der Waals surface area (Å²) in [6.45, 7) is 9.89. The number of fused-ring (bicyclic) bond motifs is 4. The lowest BCUT2D eigenvalue weighted by Crippen LogP contribution is -2.48. The first-order valence-corrected chi connectivity index (χ1v) is 12.3. The van der Waals surface area contributed by atoms with Gasteiger partial charge in [-0.05, 0) is 58.4 Å². The summed E-state index contributed by atoms with van der Waals surface area (Å²) in [6, 6.07) is 6.62. The first-order valence-electron chi connectivity index (χ1n) is 12.3. The second kappa shape index (κ2) is 9.55. The van der Waals surface area contributed by atoms with Gasteiger partial charge in [0.05, 0.1) is 24.5 Å². The standard InChI is InChI=1S/C25H32N6O5/c1-15(2)27-23(32)19-6-7-20-22(28-19)31(16-9-10-30(20)12-16)24(33)29-21-8-5-17(11-26-21)34-13-18-14-35-25(3,4)36-18/h5-8,11,15-16,18H,9-10,12-14H2,1-4H3,(H,27,32)(H,26,29,33)/t16-,18-/m0/s1. The number of rotatable bonds is 6. The number of pyridine rings is 2. The van der Waals surface area contributed by atoms with Gasteiger partial charge in [0, 0.05) is 19.1 Å². The van der Waals surface area contributed by atoms with Crippen LogP contribution in [0.15, 0.2) is 30.5 Å². The van der Waals surface area contributed by atoms with Crippen LogP contribution >= 0.6 is 0 Å². The molecule has 2 aromatic rings. The number of carbonyl (C=O) groups excluding carboxylic acids is 2. The highest BCUT2D eigenvalue weighted by Crippen LogP contribution is 2.39. The Bertz CT molecular complexity index is 1140. The second-order valence-corrected chi connectivity index (χ2v) is 10.00. The van der Waals surface area contributed by atoms with Crippen molar-refractivity contribution >= 4 is 29.3 Å². The number of amides is 3. The third-order valence-corrected chi connectivity index (χ3v) is 6.30. The van der Waals surface area contributed by atoms with Crippen LogP contribution in [0.25, 0.3) is 0 Å². The van der Waals surface area contributed by atoms with Gasteiger partial charge in [0.25, 0.3) is 5.91 Å². The molecule has 192 valence electrons. The lowest BCUT2D eigenvalue weighted by atomic mass is 10.1. The molecule has 2 bridgehead atoms. The van der Waals surface area contributed by atoms with Gasteiger partial charge >= 0.3 is 6.03 Å². The lowest BCUT2D eigenvalue weighted by molar-refractivity contribution is -0.141. The Balaban J connectivity index is 1.27. The van der Waals surface area contributed by atoms with E-state index in [4.69, 9.17) is 14.2 Å². The molecule has 2 fully saturated rings. The normalized spacial score (nSPS) is 21.9. The summed E-state index contributed by atoms with van der Waals surface area (Å²) in [5, 5.41) is 5.72. The predicted octanol–water partition coefficient (Wildman–Crippen LogP) is 2.78. The van der Waals surface area contributed by atoms with E-state index in [1.165, 1.54) is 0 Å². The average molecular weight is 497 g/mol. The zero-order chi connectivity index (χ0) is 25.4. The van der Waals surface area contributed by atoms with E-state index in [1.54, 1.807) is 29.3 Å². The number of ether oxygens (including phenoxy) is 3. The Morgan fingerprint density at radius 2 is 2.08 bits per heavy atom. The van der Waals surface area contributed by atoms with Crippen LogP contribution in [-0.2, 0) is 9.47 Å². The van der Waals surface area contributed by atoms with Crippen LogP contribution < -0.4 is 25.2 Å². The maximum atomic E-state index is 13.4. The summed E-state index contributed by atoms with van der Waals surface area (Å²) in [5.41, 5.74) is 1.13. The topological polar surface area (TPSA) is 118 Å². The molecule has 2 N–H and O–H groups in total. The van der Waals surface area contributed by atoms with Crippen LogP contribution in [-0.4, -0.2) is 72.2 Å². The third-order valence-electron chi connectivity index (χ3n) is 6.30. The maximum Gasteiger partial charge on any atom is 0.329 e. The molecule has 2 atom stereocenters. The highest BCUT2D eigenvalue weighted by atomic mass is 16.7. The van der Waals surface area contributed by atoms with Crippen LogP contribution in [0.2, 0.25) is 0 Å². The quantitative estimate of drug-likeness (QED) is 0.627. The molecule has 0 unspecified atom stereocenters. The number of aromatic nitrogens is 2. The number of carbonyl (C=O) groups is 2. The van der Waals surface area contributed by atoms with Crippen molar-refractivity contribution in [1.82, 2.24) is 15.3 Å². The van der Waals surface area contributed by atoms with E-state index in [-0.39, 0.29) is 35.8 Å². The van der Waals surface area contributed by atoms with Crippen LogP contribution in [0.5, 0.6) is 5.75 Å². The monoisotopic (exact) mass is 496 g/mol. The van der Waals surface area contributed by atoms with Crippen LogP contribution in [0.1, 0.15) is 44.6 Å². The molecule has 0 aliphatic carbocycles. The summed E-state index contributed by atoms with van der Waals surface area (Å²) in [7, 11) is 0. The van der Waals surface area contributed by atoms with E-state index in [9.17, 15) is 9.59 Å². The molecular weight excluding hydrogens is 464 g/mol. The zero-order valence-electron chi connectivity index (χ0n) is 21.0. The smallest absolute Gasteiger partial charge is 0.329 e. The predicted molar refractivity (Wildman–Crippen MR) is 134 cm³/mol. The Kier molecular flexibility index (Phi) is 6.44. The summed E-state index contributed by atoms with van der Waals surface area (Å²) in [4.78, 5) is 38.7. The number of urea groups is 1. The zero-order valence-corrected chi connectivity index (χ0v) is 21.0. The molecule has 3 aliphatic heterocycles. The first kappa shape index (κ1) is 24.3. The molecule has 0 spiro atoms. The molecular formula is C25H32N6O5. The maximum absolute atomic E-state index is 13.4. The Hall–Kier alpha value is -3.44. The highest BCUT2D eigenvalue weighted by Gasteiger charge is 2.40. The molecule has 5 heterocycles. The molecule has 11 heteroatoms. The first-order chi connectivity index (χ1) is 17.2. The van der Waals surface area contributed by atoms with Gasteiger partial charge < -0.3 is 24.4 Å². The second-order valence-electron chi connectivity index (χ2n) is 10.00. The molecule has 3 amide bonds. The molecule has 2 saturated heterocycles. The summed E-state index contributed by atoms with van der Waals surface area (Å²) in [6.07, 6.45) is 2.23. The number of nitrogens with one attached hydrogen (secondary N) is 2. The van der Waals surface area contributed by atoms with Gasteiger partial charge in [-0.15, -0.1) is 0 Å². The van der Waals surface area contributed by atoms with Crippen molar-refractivity contribution in [3.8, 4) is 5.75 Å². The van der Waals surface area contributed by atoms with Gasteiger partial charge in [-0.25, -0.2) is 14.8 Å². The van der Waals surface area contributed by atoms with Gasteiger partial charge in [-0.1, -0.05) is 0 Å². The minimum Gasteiger partial charge on any atom is -0.489 e. The van der Waals surface area contributed by atoms with E-state index in [0.29, 0.717) is 30.6 Å². The summed E-state index contributed by atoms with van der Waals surface area (Å²) in [5.74, 6) is 0.580. The molecule has 0 radical (unpaired) electrons. The molecule has 0 saturated carbocycles. The van der Waals surface area contributed by atoms with Crippen LogP contribution in [0.4, 0.5) is 22.1 Å². The van der Waals surface area contributed by atoms with E-state index < -0.39 is 5.79 Å². The van der Waals surface area contributed by atoms with Crippen molar-refractivity contribution in [2.75, 3.05) is 41.4 Å². The van der Waals surface area contributed by atoms with Crippen molar-refractivity contribution in [3.05, 3.63) is 36.2 Å². The number of hydrogen-bond acceptors (Lipinski definition) is 8. The Labute approximate surface area is 210 Å². The van der Waals surface area contributed by atoms with E-state index in [0.717, 1.165) is 25.2 Å². The number of hydrogen-bond donors (Lipinski definition) is 2. The minimum absolute atomic E-state index is 0.0152. The van der Waals surface area contributed by atoms with Crippen LogP contribution in [0.3, 0.4) is 0 Å². The van der Waals surface area contributed by atoms with E-state index in [2.05, 4.69) is 25.5 Å². The van der Waals surface area contributed by atoms with Crippen LogP contribution in [0, 0.1) is 0 Å². The van der Waals surface area contributed by atoms with E-state index >= 15 is 0 Å². The van der Waals surface area contributed by atoms with Crippen molar-refractivity contribution < 1.29 is 23.8 Å². The molecule has 2 aromatic heterocycles. The minimum atomic E-state index is -0.600. The molecule has 11 nitrogen and oxygen atoms in total. The third kappa shape index (κ3) is 5.07. The summed E-state index contributed by atoms with van der Waals surface area (Å²) < 4.78 is 17.1. The highest BCUT2D eigenvalue weighted by molar-refractivity contribution is 6.05. The van der Waals surface area contributed by atoms with Gasteiger partial charge in [0.15, 0.2) is 11.6 Å². The Morgan fingerprint density at radius 3 is 2.78 bits per heavy atom. The van der Waals surface area contributed by atoms with Gasteiger partial charge in [0.1, 0.15) is 30.0 Å². The fourth-order valence-corrected chi connectivity index (χ4v) is 4.68. The van der Waals surface area contributed by atoms with Gasteiger partial charge in [0.2, 0.25) is 0 Å². The molecule has 36 heavy (non-hydrogen) atoms. The van der Waals surface area contributed by atoms with Gasteiger partial charge in [-0.2, -0.15) is 0 Å². The van der Waals surface area contributed by atoms with Crippen molar-refractivity contribution in [2.24, 2.45) is 0 Å².